The summed E-state index contributed by atoms with van der Waals surface area (Å²) < 4.78 is 13.2. The molecule has 2 aromatic rings. The number of nitrogens with zero attached hydrogens (tertiary/aromatic N) is 1. The molecule has 0 saturated heterocycles. The zero-order chi connectivity index (χ0) is 14.8. The molecule has 4 heteroatoms. The Morgan fingerprint density at radius 2 is 2.00 bits per heavy atom. The summed E-state index contributed by atoms with van der Waals surface area (Å²) in [5.74, 6) is 0.199. The van der Waals surface area contributed by atoms with Crippen LogP contribution in [0.2, 0.25) is 5.02 Å². The van der Waals surface area contributed by atoms with Gasteiger partial charge < -0.3 is 5.32 Å². The molecule has 0 radical (unpaired) electrons. The lowest BCUT2D eigenvalue weighted by atomic mass is 9.76. The second-order valence-corrected chi connectivity index (χ2v) is 5.78. The summed E-state index contributed by atoms with van der Waals surface area (Å²) in [6, 6.07) is 14.4. The molecule has 106 valence electrons. The first-order valence-corrected chi connectivity index (χ1v) is 7.25. The average Bonchev–Trinajstić information content (AvgIpc) is 2.44. The molecule has 1 fully saturated rings. The number of anilines is 1. The number of hydrogen-bond acceptors (Lipinski definition) is 2. The van der Waals surface area contributed by atoms with Crippen LogP contribution in [-0.2, 0) is 0 Å². The Kier molecular flexibility index (Phi) is 3.81. The van der Waals surface area contributed by atoms with Crippen LogP contribution in [0.1, 0.15) is 29.9 Å². The van der Waals surface area contributed by atoms with Crippen LogP contribution in [-0.4, -0.2) is 6.04 Å². The fraction of sp³-hybridized carbons (Fsp3) is 0.235. The Bertz CT molecular complexity index is 702. The van der Waals surface area contributed by atoms with E-state index in [1.54, 1.807) is 30.3 Å². The first kappa shape index (κ1) is 13.9. The normalized spacial score (nSPS) is 20.4. The van der Waals surface area contributed by atoms with E-state index in [9.17, 15) is 4.39 Å². The van der Waals surface area contributed by atoms with Crippen molar-refractivity contribution in [2.24, 2.45) is 0 Å². The topological polar surface area (TPSA) is 35.8 Å². The van der Waals surface area contributed by atoms with Crippen molar-refractivity contribution < 1.29 is 4.39 Å². The molecule has 0 spiro atoms. The van der Waals surface area contributed by atoms with Crippen LogP contribution >= 0.6 is 11.6 Å². The van der Waals surface area contributed by atoms with Crippen molar-refractivity contribution >= 4 is 17.3 Å². The summed E-state index contributed by atoms with van der Waals surface area (Å²) >= 11 is 6.13. The number of benzene rings is 2. The minimum Gasteiger partial charge on any atom is -0.381 e. The first-order valence-electron chi connectivity index (χ1n) is 6.87. The van der Waals surface area contributed by atoms with Gasteiger partial charge in [0.1, 0.15) is 5.82 Å². The quantitative estimate of drug-likeness (QED) is 0.891. The van der Waals surface area contributed by atoms with Crippen molar-refractivity contribution in [3.8, 4) is 6.07 Å². The van der Waals surface area contributed by atoms with E-state index < -0.39 is 0 Å². The molecule has 1 saturated carbocycles. The molecule has 0 bridgehead atoms. The van der Waals surface area contributed by atoms with Gasteiger partial charge in [-0.1, -0.05) is 23.7 Å². The van der Waals surface area contributed by atoms with E-state index in [4.69, 9.17) is 16.9 Å². The van der Waals surface area contributed by atoms with Crippen LogP contribution in [0.4, 0.5) is 10.1 Å². The van der Waals surface area contributed by atoms with Gasteiger partial charge in [-0.25, -0.2) is 4.39 Å². The number of halogens is 2. The van der Waals surface area contributed by atoms with Crippen LogP contribution in [0.3, 0.4) is 0 Å². The second-order valence-electron chi connectivity index (χ2n) is 5.37. The fourth-order valence-corrected chi connectivity index (χ4v) is 2.87. The zero-order valence-corrected chi connectivity index (χ0v) is 12.1. The largest absolute Gasteiger partial charge is 0.381 e. The van der Waals surface area contributed by atoms with Crippen molar-refractivity contribution in [2.45, 2.75) is 24.8 Å². The summed E-state index contributed by atoms with van der Waals surface area (Å²) in [5, 5.41) is 12.9. The number of rotatable bonds is 3. The lowest BCUT2D eigenvalue weighted by Gasteiger charge is -2.37. The lowest BCUT2D eigenvalue weighted by molar-refractivity contribution is 0.373. The summed E-state index contributed by atoms with van der Waals surface area (Å²) in [6.45, 7) is 0. The predicted molar refractivity (Wildman–Crippen MR) is 82.0 cm³/mol. The van der Waals surface area contributed by atoms with Gasteiger partial charge in [-0.3, -0.25) is 0 Å². The van der Waals surface area contributed by atoms with Crippen LogP contribution in [0.15, 0.2) is 42.5 Å². The Morgan fingerprint density at radius 3 is 2.71 bits per heavy atom. The van der Waals surface area contributed by atoms with Gasteiger partial charge in [0.15, 0.2) is 0 Å². The minimum atomic E-state index is -0.186. The highest BCUT2D eigenvalue weighted by Crippen LogP contribution is 2.39. The summed E-state index contributed by atoms with van der Waals surface area (Å²) in [5.41, 5.74) is 2.42. The Morgan fingerprint density at radius 1 is 1.19 bits per heavy atom. The zero-order valence-electron chi connectivity index (χ0n) is 11.3. The molecule has 1 aliphatic carbocycles. The maximum absolute atomic E-state index is 13.2. The molecule has 1 N–H and O–H groups in total. The molecular formula is C17H14ClFN2. The van der Waals surface area contributed by atoms with Crippen LogP contribution in [0.25, 0.3) is 0 Å². The van der Waals surface area contributed by atoms with Crippen molar-refractivity contribution in [1.82, 2.24) is 0 Å². The third kappa shape index (κ3) is 3.01. The maximum atomic E-state index is 13.2. The monoisotopic (exact) mass is 300 g/mol. The van der Waals surface area contributed by atoms with E-state index >= 15 is 0 Å². The van der Waals surface area contributed by atoms with E-state index in [0.29, 0.717) is 22.5 Å². The van der Waals surface area contributed by atoms with Crippen LogP contribution < -0.4 is 5.32 Å². The van der Waals surface area contributed by atoms with E-state index in [1.807, 2.05) is 6.07 Å². The van der Waals surface area contributed by atoms with Crippen molar-refractivity contribution in [2.75, 3.05) is 5.32 Å². The van der Waals surface area contributed by atoms with Gasteiger partial charge in [-0.2, -0.15) is 5.26 Å². The third-order valence-electron chi connectivity index (χ3n) is 3.91. The van der Waals surface area contributed by atoms with Crippen molar-refractivity contribution in [3.63, 3.8) is 0 Å². The lowest BCUT2D eigenvalue weighted by Crippen LogP contribution is -2.34. The maximum Gasteiger partial charge on any atom is 0.123 e. The molecule has 0 aromatic heterocycles. The fourth-order valence-electron chi connectivity index (χ4n) is 2.69. The summed E-state index contributed by atoms with van der Waals surface area (Å²) in [6.07, 6.45) is 1.88. The van der Waals surface area contributed by atoms with Gasteiger partial charge in [0.2, 0.25) is 0 Å². The molecular weight excluding hydrogens is 287 g/mol. The van der Waals surface area contributed by atoms with E-state index in [-0.39, 0.29) is 5.82 Å². The number of nitrogens with one attached hydrogen (secondary N) is 1. The van der Waals surface area contributed by atoms with Gasteiger partial charge in [-0.15, -0.1) is 0 Å². The first-order chi connectivity index (χ1) is 10.2. The van der Waals surface area contributed by atoms with E-state index in [1.165, 1.54) is 6.07 Å². The van der Waals surface area contributed by atoms with Gasteiger partial charge in [0.05, 0.1) is 22.3 Å². The second kappa shape index (κ2) is 5.75. The smallest absolute Gasteiger partial charge is 0.123 e. The molecule has 21 heavy (non-hydrogen) atoms. The van der Waals surface area contributed by atoms with Crippen molar-refractivity contribution in [1.29, 1.82) is 5.26 Å². The molecule has 2 nitrogen and oxygen atoms in total. The van der Waals surface area contributed by atoms with Gasteiger partial charge >= 0.3 is 0 Å². The number of hydrogen-bond donors (Lipinski definition) is 1. The van der Waals surface area contributed by atoms with Crippen LogP contribution in [0, 0.1) is 17.1 Å². The molecule has 0 amide bonds. The highest BCUT2D eigenvalue weighted by Gasteiger charge is 2.30. The Hall–Kier alpha value is -2.05. The van der Waals surface area contributed by atoms with E-state index in [0.717, 1.165) is 24.1 Å². The molecule has 1 aliphatic rings. The molecule has 0 aliphatic heterocycles. The molecule has 0 heterocycles. The summed E-state index contributed by atoms with van der Waals surface area (Å²) in [4.78, 5) is 0. The van der Waals surface area contributed by atoms with Crippen molar-refractivity contribution in [3.05, 3.63) is 64.4 Å². The molecule has 0 atom stereocenters. The SMILES string of the molecule is N#Cc1ccc(Cl)c(NC2CC(c3cccc(F)c3)C2)c1. The van der Waals surface area contributed by atoms with Crippen LogP contribution in [0.5, 0.6) is 0 Å². The standard InChI is InChI=1S/C17H14ClFN2/c18-16-5-4-11(10-20)6-17(16)21-15-8-13(9-15)12-2-1-3-14(19)7-12/h1-7,13,15,21H,8-9H2. The molecule has 3 rings (SSSR count). The third-order valence-corrected chi connectivity index (χ3v) is 4.24. The van der Waals surface area contributed by atoms with Gasteiger partial charge in [0.25, 0.3) is 0 Å². The molecule has 0 unspecified atom stereocenters. The van der Waals surface area contributed by atoms with Gasteiger partial charge in [-0.05, 0) is 54.7 Å². The molecule has 2 aromatic carbocycles. The number of nitriles is 1. The van der Waals surface area contributed by atoms with Gasteiger partial charge in [0, 0.05) is 6.04 Å². The minimum absolute atomic E-state index is 0.186. The highest BCUT2D eigenvalue weighted by molar-refractivity contribution is 6.33. The average molecular weight is 301 g/mol. The Labute approximate surface area is 128 Å². The Balaban J connectivity index is 1.64. The predicted octanol–water partition coefficient (Wildman–Crippen LogP) is 4.71. The summed E-state index contributed by atoms with van der Waals surface area (Å²) in [7, 11) is 0. The highest BCUT2D eigenvalue weighted by atomic mass is 35.5. The van der Waals surface area contributed by atoms with E-state index in [2.05, 4.69) is 11.4 Å².